The fourth-order valence-electron chi connectivity index (χ4n) is 2.94. The van der Waals surface area contributed by atoms with Crippen molar-refractivity contribution in [3.8, 4) is 0 Å². The molecule has 1 N–H and O–H groups in total. The normalized spacial score (nSPS) is 22.8. The number of carbonyl (C=O) groups is 1. The van der Waals surface area contributed by atoms with E-state index in [4.69, 9.17) is 0 Å². The molecule has 0 radical (unpaired) electrons. The van der Waals surface area contributed by atoms with Crippen molar-refractivity contribution in [2.45, 2.75) is 25.3 Å². The first kappa shape index (κ1) is 12.3. The molecule has 19 heavy (non-hydrogen) atoms. The number of amides is 2. The number of anilines is 1. The molecule has 0 aromatic heterocycles. The first-order valence-corrected chi connectivity index (χ1v) is 7.18. The predicted octanol–water partition coefficient (Wildman–Crippen LogP) is 2.07. The van der Waals surface area contributed by atoms with Crippen molar-refractivity contribution in [3.63, 3.8) is 0 Å². The third-order valence-electron chi connectivity index (χ3n) is 4.03. The highest BCUT2D eigenvalue weighted by atomic mass is 16.2. The number of hydrogen-bond donors (Lipinski definition) is 1. The van der Waals surface area contributed by atoms with Crippen LogP contribution in [0.15, 0.2) is 30.3 Å². The lowest BCUT2D eigenvalue weighted by Crippen LogP contribution is -2.44. The maximum absolute atomic E-state index is 12.0. The Bertz CT molecular complexity index is 428. The Morgan fingerprint density at radius 2 is 1.84 bits per heavy atom. The lowest BCUT2D eigenvalue weighted by Gasteiger charge is -2.21. The van der Waals surface area contributed by atoms with Crippen molar-refractivity contribution in [2.24, 2.45) is 0 Å². The second-order valence-corrected chi connectivity index (χ2v) is 5.41. The maximum Gasteiger partial charge on any atom is 0.317 e. The molecule has 0 bridgehead atoms. The molecule has 2 saturated heterocycles. The summed E-state index contributed by atoms with van der Waals surface area (Å²) in [5, 5.41) is 3.17. The zero-order valence-electron chi connectivity index (χ0n) is 11.2. The molecular formula is C15H21N3O. The third kappa shape index (κ3) is 2.83. The first-order chi connectivity index (χ1) is 9.33. The second kappa shape index (κ2) is 5.51. The molecule has 2 aliphatic heterocycles. The van der Waals surface area contributed by atoms with Crippen molar-refractivity contribution in [2.75, 3.05) is 31.1 Å². The smallest absolute Gasteiger partial charge is 0.317 e. The van der Waals surface area contributed by atoms with Gasteiger partial charge >= 0.3 is 6.03 Å². The van der Waals surface area contributed by atoms with E-state index >= 15 is 0 Å². The minimum Gasteiger partial charge on any atom is -0.369 e. The van der Waals surface area contributed by atoms with Crippen LogP contribution in [-0.2, 0) is 0 Å². The topological polar surface area (TPSA) is 35.6 Å². The van der Waals surface area contributed by atoms with Gasteiger partial charge in [-0.25, -0.2) is 4.79 Å². The zero-order chi connectivity index (χ0) is 13.1. The summed E-state index contributed by atoms with van der Waals surface area (Å²) >= 11 is 0. The van der Waals surface area contributed by atoms with Crippen LogP contribution in [0.2, 0.25) is 0 Å². The standard InChI is InChI=1S/C15H21N3O/c19-15(17-9-4-5-10-17)16-13-8-11-18(12-13)14-6-2-1-3-7-14/h1-3,6-7,13H,4-5,8-12H2,(H,16,19)/t13-/m0/s1. The number of carbonyl (C=O) groups excluding carboxylic acids is 1. The van der Waals surface area contributed by atoms with Crippen molar-refractivity contribution in [1.29, 1.82) is 0 Å². The van der Waals surface area contributed by atoms with Crippen molar-refractivity contribution in [1.82, 2.24) is 10.2 Å². The van der Waals surface area contributed by atoms with Gasteiger partial charge in [0.1, 0.15) is 0 Å². The lowest BCUT2D eigenvalue weighted by molar-refractivity contribution is 0.205. The summed E-state index contributed by atoms with van der Waals surface area (Å²) in [6.45, 7) is 3.78. The van der Waals surface area contributed by atoms with Crippen LogP contribution in [0.4, 0.5) is 10.5 Å². The SMILES string of the molecule is O=C(N[C@H]1CCN(c2ccccc2)C1)N1CCCC1. The van der Waals surface area contributed by atoms with Gasteiger partial charge in [0.25, 0.3) is 0 Å². The van der Waals surface area contributed by atoms with Crippen LogP contribution in [0, 0.1) is 0 Å². The summed E-state index contributed by atoms with van der Waals surface area (Å²) in [4.78, 5) is 16.3. The summed E-state index contributed by atoms with van der Waals surface area (Å²) in [7, 11) is 0. The van der Waals surface area contributed by atoms with Gasteiger partial charge < -0.3 is 15.1 Å². The minimum atomic E-state index is 0.123. The Labute approximate surface area is 114 Å². The molecule has 4 nitrogen and oxygen atoms in total. The van der Waals surface area contributed by atoms with Crippen molar-refractivity contribution < 1.29 is 4.79 Å². The van der Waals surface area contributed by atoms with Crippen LogP contribution in [0.3, 0.4) is 0 Å². The average Bonchev–Trinajstić information content (AvgIpc) is 3.11. The fourth-order valence-corrected chi connectivity index (χ4v) is 2.94. The van der Waals surface area contributed by atoms with Crippen molar-refractivity contribution in [3.05, 3.63) is 30.3 Å². The molecular weight excluding hydrogens is 238 g/mol. The summed E-state index contributed by atoms with van der Waals surface area (Å²) in [6, 6.07) is 10.8. The molecule has 0 aliphatic carbocycles. The van der Waals surface area contributed by atoms with E-state index in [-0.39, 0.29) is 12.1 Å². The number of nitrogens with zero attached hydrogens (tertiary/aromatic N) is 2. The molecule has 1 aromatic carbocycles. The lowest BCUT2D eigenvalue weighted by atomic mass is 10.3. The Balaban J connectivity index is 1.53. The molecule has 0 unspecified atom stereocenters. The molecule has 2 aliphatic rings. The quantitative estimate of drug-likeness (QED) is 0.882. The van der Waals surface area contributed by atoms with Gasteiger partial charge in [-0.05, 0) is 31.4 Å². The highest BCUT2D eigenvalue weighted by molar-refractivity contribution is 5.75. The van der Waals surface area contributed by atoms with Gasteiger partial charge in [-0.3, -0.25) is 0 Å². The van der Waals surface area contributed by atoms with E-state index in [9.17, 15) is 4.79 Å². The van der Waals surface area contributed by atoms with Gasteiger partial charge in [0.15, 0.2) is 0 Å². The van der Waals surface area contributed by atoms with Gasteiger partial charge in [0, 0.05) is 37.9 Å². The van der Waals surface area contributed by atoms with E-state index in [0.717, 1.165) is 45.4 Å². The monoisotopic (exact) mass is 259 g/mol. The van der Waals surface area contributed by atoms with Gasteiger partial charge in [-0.15, -0.1) is 0 Å². The second-order valence-electron chi connectivity index (χ2n) is 5.41. The molecule has 1 aromatic rings. The van der Waals surface area contributed by atoms with Crippen LogP contribution >= 0.6 is 0 Å². The summed E-state index contributed by atoms with van der Waals surface area (Å²) < 4.78 is 0. The van der Waals surface area contributed by atoms with Crippen molar-refractivity contribution >= 4 is 11.7 Å². The number of urea groups is 1. The highest BCUT2D eigenvalue weighted by Crippen LogP contribution is 2.20. The van der Waals surface area contributed by atoms with E-state index in [2.05, 4.69) is 34.5 Å². The molecule has 2 amide bonds. The number of likely N-dealkylation sites (tertiary alicyclic amines) is 1. The Morgan fingerprint density at radius 3 is 2.58 bits per heavy atom. The van der Waals surface area contributed by atoms with Crippen LogP contribution in [0.5, 0.6) is 0 Å². The Hall–Kier alpha value is -1.71. The molecule has 0 saturated carbocycles. The third-order valence-corrected chi connectivity index (χ3v) is 4.03. The number of para-hydroxylation sites is 1. The largest absolute Gasteiger partial charge is 0.369 e. The maximum atomic E-state index is 12.0. The van der Waals surface area contributed by atoms with Gasteiger partial charge in [-0.1, -0.05) is 18.2 Å². The van der Waals surface area contributed by atoms with Gasteiger partial charge in [-0.2, -0.15) is 0 Å². The molecule has 2 fully saturated rings. The van der Waals surface area contributed by atoms with Crippen LogP contribution in [0.1, 0.15) is 19.3 Å². The van der Waals surface area contributed by atoms with Gasteiger partial charge in [0.05, 0.1) is 0 Å². The first-order valence-electron chi connectivity index (χ1n) is 7.18. The number of rotatable bonds is 2. The number of nitrogens with one attached hydrogen (secondary N) is 1. The van der Waals surface area contributed by atoms with Crippen LogP contribution in [0.25, 0.3) is 0 Å². The summed E-state index contributed by atoms with van der Waals surface area (Å²) in [5.74, 6) is 0. The highest BCUT2D eigenvalue weighted by Gasteiger charge is 2.26. The summed E-state index contributed by atoms with van der Waals surface area (Å²) in [5.41, 5.74) is 1.25. The molecule has 2 heterocycles. The average molecular weight is 259 g/mol. The Kier molecular flexibility index (Phi) is 3.58. The minimum absolute atomic E-state index is 0.123. The molecule has 1 atom stereocenters. The Morgan fingerprint density at radius 1 is 1.11 bits per heavy atom. The number of benzene rings is 1. The van der Waals surface area contributed by atoms with Crippen LogP contribution in [-0.4, -0.2) is 43.2 Å². The van der Waals surface area contributed by atoms with Crippen LogP contribution < -0.4 is 10.2 Å². The molecule has 0 spiro atoms. The van der Waals surface area contributed by atoms with Gasteiger partial charge in [0.2, 0.25) is 0 Å². The van der Waals surface area contributed by atoms with E-state index in [1.54, 1.807) is 0 Å². The summed E-state index contributed by atoms with van der Waals surface area (Å²) in [6.07, 6.45) is 3.33. The van der Waals surface area contributed by atoms with E-state index in [1.807, 2.05) is 11.0 Å². The zero-order valence-corrected chi connectivity index (χ0v) is 11.2. The molecule has 3 rings (SSSR count). The van der Waals surface area contributed by atoms with E-state index < -0.39 is 0 Å². The predicted molar refractivity (Wildman–Crippen MR) is 76.4 cm³/mol. The van der Waals surface area contributed by atoms with E-state index in [1.165, 1.54) is 5.69 Å². The fraction of sp³-hybridized carbons (Fsp3) is 0.533. The van der Waals surface area contributed by atoms with E-state index in [0.29, 0.717) is 0 Å². The molecule has 4 heteroatoms. The number of hydrogen-bond acceptors (Lipinski definition) is 2. The molecule has 102 valence electrons.